The number of halogens is 2. The van der Waals surface area contributed by atoms with Gasteiger partial charge in [0.1, 0.15) is 12.4 Å². The van der Waals surface area contributed by atoms with Crippen molar-refractivity contribution in [2.75, 3.05) is 0 Å². The van der Waals surface area contributed by atoms with Gasteiger partial charge in [-0.15, -0.1) is 0 Å². The van der Waals surface area contributed by atoms with E-state index in [2.05, 4.69) is 33.4 Å². The van der Waals surface area contributed by atoms with E-state index in [-0.39, 0.29) is 0 Å². The quantitative estimate of drug-likeness (QED) is 0.782. The first-order chi connectivity index (χ1) is 10.2. The normalized spacial score (nSPS) is 14.2. The lowest BCUT2D eigenvalue weighted by atomic mass is 10.2. The molecule has 2 nitrogen and oxygen atoms in total. The highest BCUT2D eigenvalue weighted by atomic mass is 79.9. The van der Waals surface area contributed by atoms with Gasteiger partial charge in [0.25, 0.3) is 0 Å². The van der Waals surface area contributed by atoms with E-state index >= 15 is 0 Å². The molecule has 0 aliphatic heterocycles. The van der Waals surface area contributed by atoms with Gasteiger partial charge in [0.15, 0.2) is 0 Å². The summed E-state index contributed by atoms with van der Waals surface area (Å²) in [6, 6.07) is 14.7. The fourth-order valence-electron chi connectivity index (χ4n) is 2.09. The maximum Gasteiger partial charge on any atom is 0.134 e. The Bertz CT molecular complexity index is 628. The number of nitrogens with one attached hydrogen (secondary N) is 1. The summed E-state index contributed by atoms with van der Waals surface area (Å²) in [4.78, 5) is 0. The Morgan fingerprint density at radius 2 is 2.00 bits per heavy atom. The molecule has 4 heteroatoms. The number of ether oxygens (including phenoxy) is 1. The molecule has 1 fully saturated rings. The van der Waals surface area contributed by atoms with Crippen molar-refractivity contribution in [1.29, 1.82) is 0 Å². The minimum atomic E-state index is 0.470. The number of hydrogen-bond acceptors (Lipinski definition) is 2. The van der Waals surface area contributed by atoms with E-state index in [0.29, 0.717) is 6.61 Å². The Morgan fingerprint density at radius 1 is 1.19 bits per heavy atom. The maximum atomic E-state index is 6.13. The number of hydrogen-bond donors (Lipinski definition) is 1. The SMILES string of the molecule is Clc1ccccc1COc1ccc(CNC2CC2)cc1Br. The van der Waals surface area contributed by atoms with Crippen molar-refractivity contribution in [1.82, 2.24) is 5.32 Å². The molecule has 110 valence electrons. The van der Waals surface area contributed by atoms with E-state index in [9.17, 15) is 0 Å². The summed E-state index contributed by atoms with van der Waals surface area (Å²) in [5, 5.41) is 4.24. The summed E-state index contributed by atoms with van der Waals surface area (Å²) < 4.78 is 6.82. The van der Waals surface area contributed by atoms with Crippen molar-refractivity contribution < 1.29 is 4.74 Å². The topological polar surface area (TPSA) is 21.3 Å². The van der Waals surface area contributed by atoms with Gasteiger partial charge in [-0.25, -0.2) is 0 Å². The number of benzene rings is 2. The van der Waals surface area contributed by atoms with Crippen molar-refractivity contribution in [3.05, 3.63) is 63.1 Å². The van der Waals surface area contributed by atoms with Crippen LogP contribution in [0.4, 0.5) is 0 Å². The second-order valence-corrected chi connectivity index (χ2v) is 6.56. The van der Waals surface area contributed by atoms with Crippen LogP contribution in [0.3, 0.4) is 0 Å². The monoisotopic (exact) mass is 365 g/mol. The molecule has 21 heavy (non-hydrogen) atoms. The highest BCUT2D eigenvalue weighted by Crippen LogP contribution is 2.28. The molecule has 1 aliphatic carbocycles. The Balaban J connectivity index is 1.61. The molecule has 2 aromatic carbocycles. The molecule has 0 spiro atoms. The third-order valence-electron chi connectivity index (χ3n) is 3.51. The molecule has 1 saturated carbocycles. The fraction of sp³-hybridized carbons (Fsp3) is 0.294. The summed E-state index contributed by atoms with van der Waals surface area (Å²) in [6.07, 6.45) is 2.61. The van der Waals surface area contributed by atoms with E-state index < -0.39 is 0 Å². The summed E-state index contributed by atoms with van der Waals surface area (Å²) in [6.45, 7) is 1.38. The molecule has 0 saturated heterocycles. The predicted molar refractivity (Wildman–Crippen MR) is 89.8 cm³/mol. The second-order valence-electron chi connectivity index (χ2n) is 5.30. The molecule has 2 aromatic rings. The van der Waals surface area contributed by atoms with Crippen LogP contribution in [0.5, 0.6) is 5.75 Å². The summed E-state index contributed by atoms with van der Waals surface area (Å²) in [7, 11) is 0. The average molecular weight is 367 g/mol. The van der Waals surface area contributed by atoms with Gasteiger partial charge >= 0.3 is 0 Å². The first-order valence-corrected chi connectivity index (χ1v) is 8.27. The maximum absolute atomic E-state index is 6.13. The minimum absolute atomic E-state index is 0.470. The van der Waals surface area contributed by atoms with Crippen LogP contribution < -0.4 is 10.1 Å². The molecule has 0 aromatic heterocycles. The molecule has 1 aliphatic rings. The summed E-state index contributed by atoms with van der Waals surface area (Å²) in [5.74, 6) is 0.838. The van der Waals surface area contributed by atoms with E-state index in [0.717, 1.165) is 33.4 Å². The second kappa shape index (κ2) is 6.82. The van der Waals surface area contributed by atoms with Gasteiger partial charge in [-0.05, 0) is 52.5 Å². The zero-order valence-electron chi connectivity index (χ0n) is 11.6. The minimum Gasteiger partial charge on any atom is -0.488 e. The van der Waals surface area contributed by atoms with Crippen LogP contribution in [0.15, 0.2) is 46.9 Å². The van der Waals surface area contributed by atoms with Gasteiger partial charge in [-0.3, -0.25) is 0 Å². The van der Waals surface area contributed by atoms with Gasteiger partial charge in [0.2, 0.25) is 0 Å². The third kappa shape index (κ3) is 4.22. The van der Waals surface area contributed by atoms with E-state index in [4.69, 9.17) is 16.3 Å². The first kappa shape index (κ1) is 14.9. The van der Waals surface area contributed by atoms with Crippen LogP contribution in [-0.2, 0) is 13.2 Å². The van der Waals surface area contributed by atoms with Crippen LogP contribution in [-0.4, -0.2) is 6.04 Å². The van der Waals surface area contributed by atoms with Crippen LogP contribution >= 0.6 is 27.5 Å². The Labute approximate surface area is 138 Å². The molecule has 0 bridgehead atoms. The lowest BCUT2D eigenvalue weighted by molar-refractivity contribution is 0.304. The highest BCUT2D eigenvalue weighted by Gasteiger charge is 2.20. The summed E-state index contributed by atoms with van der Waals surface area (Å²) in [5.41, 5.74) is 2.25. The van der Waals surface area contributed by atoms with Gasteiger partial charge in [-0.2, -0.15) is 0 Å². The van der Waals surface area contributed by atoms with Gasteiger partial charge in [0.05, 0.1) is 4.47 Å². The molecular formula is C17H17BrClNO. The van der Waals surface area contributed by atoms with Crippen LogP contribution in [0.1, 0.15) is 24.0 Å². The Kier molecular flexibility index (Phi) is 4.84. The van der Waals surface area contributed by atoms with Crippen molar-refractivity contribution in [3.63, 3.8) is 0 Å². The molecule has 0 radical (unpaired) electrons. The standard InChI is InChI=1S/C17H17BrClNO/c18-15-9-12(10-20-14-6-7-14)5-8-17(15)21-11-13-3-1-2-4-16(13)19/h1-5,8-9,14,20H,6-7,10-11H2. The van der Waals surface area contributed by atoms with Crippen LogP contribution in [0, 0.1) is 0 Å². The van der Waals surface area contributed by atoms with E-state index in [1.54, 1.807) is 0 Å². The summed E-state index contributed by atoms with van der Waals surface area (Å²) >= 11 is 9.71. The Hall–Kier alpha value is -1.03. The zero-order valence-corrected chi connectivity index (χ0v) is 14.0. The van der Waals surface area contributed by atoms with Crippen molar-refractivity contribution in [2.24, 2.45) is 0 Å². The van der Waals surface area contributed by atoms with Gasteiger partial charge < -0.3 is 10.1 Å². The molecular weight excluding hydrogens is 350 g/mol. The van der Waals surface area contributed by atoms with E-state index in [1.807, 2.05) is 30.3 Å². The van der Waals surface area contributed by atoms with Crippen LogP contribution in [0.25, 0.3) is 0 Å². The zero-order chi connectivity index (χ0) is 14.7. The van der Waals surface area contributed by atoms with E-state index in [1.165, 1.54) is 18.4 Å². The first-order valence-electron chi connectivity index (χ1n) is 7.10. The number of rotatable bonds is 6. The fourth-order valence-corrected chi connectivity index (χ4v) is 2.82. The van der Waals surface area contributed by atoms with Gasteiger partial charge in [-0.1, -0.05) is 35.9 Å². The van der Waals surface area contributed by atoms with Crippen molar-refractivity contribution in [2.45, 2.75) is 32.0 Å². The molecule has 0 amide bonds. The van der Waals surface area contributed by atoms with Crippen LogP contribution in [0.2, 0.25) is 5.02 Å². The lowest BCUT2D eigenvalue weighted by Crippen LogP contribution is -2.15. The Morgan fingerprint density at radius 3 is 2.71 bits per heavy atom. The van der Waals surface area contributed by atoms with Crippen molar-refractivity contribution in [3.8, 4) is 5.75 Å². The predicted octanol–water partition coefficient (Wildman–Crippen LogP) is 4.93. The molecule has 0 unspecified atom stereocenters. The lowest BCUT2D eigenvalue weighted by Gasteiger charge is -2.11. The molecule has 0 atom stereocenters. The van der Waals surface area contributed by atoms with Crippen molar-refractivity contribution >= 4 is 27.5 Å². The molecule has 1 N–H and O–H groups in total. The highest BCUT2D eigenvalue weighted by molar-refractivity contribution is 9.10. The average Bonchev–Trinajstić information content (AvgIpc) is 3.30. The smallest absolute Gasteiger partial charge is 0.134 e. The van der Waals surface area contributed by atoms with Gasteiger partial charge in [0, 0.05) is 23.2 Å². The molecule has 0 heterocycles. The molecule has 3 rings (SSSR count). The third-order valence-corrected chi connectivity index (χ3v) is 4.50. The largest absolute Gasteiger partial charge is 0.488 e.